The van der Waals surface area contributed by atoms with Crippen LogP contribution in [0.5, 0.6) is 0 Å². The molecule has 0 radical (unpaired) electrons. The van der Waals surface area contributed by atoms with Crippen molar-refractivity contribution in [2.24, 2.45) is 0 Å². The number of rotatable bonds is 8. The van der Waals surface area contributed by atoms with E-state index in [2.05, 4.69) is 279 Å². The Kier molecular flexibility index (Phi) is 9.78. The summed E-state index contributed by atoms with van der Waals surface area (Å²) in [7, 11) is 0. The van der Waals surface area contributed by atoms with E-state index in [0.29, 0.717) is 0 Å². The van der Waals surface area contributed by atoms with Crippen molar-refractivity contribution in [2.45, 2.75) is 26.2 Å². The molecule has 0 atom stereocenters. The minimum atomic E-state index is -0.0233. The first kappa shape index (κ1) is 41.5. The highest BCUT2D eigenvalue weighted by atomic mass is 15.1. The number of benzene rings is 12. The number of nitrogens with zero attached hydrogens (tertiary/aromatic N) is 2. The number of para-hydroxylation sites is 3. The third kappa shape index (κ3) is 6.86. The van der Waals surface area contributed by atoms with Gasteiger partial charge in [0.2, 0.25) is 0 Å². The normalized spacial score (nSPS) is 11.9. The zero-order valence-electron chi connectivity index (χ0n) is 39.6. The first-order valence-corrected chi connectivity index (χ1v) is 24.4. The molecule has 2 nitrogen and oxygen atoms in total. The van der Waals surface area contributed by atoms with Gasteiger partial charge >= 0.3 is 0 Å². The Balaban J connectivity index is 1.07. The average molecular weight is 895 g/mol. The van der Waals surface area contributed by atoms with Gasteiger partial charge in [0.15, 0.2) is 0 Å². The summed E-state index contributed by atoms with van der Waals surface area (Å²) in [5, 5.41) is 9.95. The molecule has 70 heavy (non-hydrogen) atoms. The standard InChI is InChI=1S/C68H50N2/c1-68(2,3)53-43-51(45-18-7-4-8-19-45)42-52(44-53)46-30-36-54(37-31-46)69(67-55(47-20-9-5-10-21-47)26-17-27-56(67)48-22-11-6-12-23-48)63-40-34-49-33-39-60-64(41-35-50-32-38-59(63)65(49)66(50)60)70-61-28-15-13-24-57(61)58-25-14-16-29-62(58)70/h4-44H,1-3H3. The molecule has 0 saturated carbocycles. The lowest BCUT2D eigenvalue weighted by Crippen LogP contribution is -2.13. The minimum Gasteiger partial charge on any atom is -0.309 e. The first-order valence-electron chi connectivity index (χ1n) is 24.4. The molecule has 332 valence electrons. The van der Waals surface area contributed by atoms with Gasteiger partial charge in [-0.2, -0.15) is 0 Å². The smallest absolute Gasteiger partial charge is 0.0618 e. The second kappa shape index (κ2) is 16.5. The molecule has 0 aliphatic rings. The van der Waals surface area contributed by atoms with E-state index in [-0.39, 0.29) is 5.41 Å². The molecule has 0 fully saturated rings. The van der Waals surface area contributed by atoms with E-state index in [0.717, 1.165) is 39.3 Å². The van der Waals surface area contributed by atoms with E-state index < -0.39 is 0 Å². The second-order valence-electron chi connectivity index (χ2n) is 19.7. The van der Waals surface area contributed by atoms with Crippen molar-refractivity contribution in [3.05, 3.63) is 254 Å². The van der Waals surface area contributed by atoms with Crippen LogP contribution in [0, 0.1) is 0 Å². The minimum absolute atomic E-state index is 0.0233. The molecule has 13 aromatic rings. The topological polar surface area (TPSA) is 8.17 Å². The van der Waals surface area contributed by atoms with Gasteiger partial charge in [-0.25, -0.2) is 0 Å². The number of aromatic nitrogens is 1. The van der Waals surface area contributed by atoms with Crippen LogP contribution >= 0.6 is 0 Å². The third-order valence-corrected chi connectivity index (χ3v) is 14.5. The molecule has 13 rings (SSSR count). The van der Waals surface area contributed by atoms with Gasteiger partial charge in [-0.05, 0) is 108 Å². The fourth-order valence-electron chi connectivity index (χ4n) is 11.0. The molecular formula is C68H50N2. The average Bonchev–Trinajstić information content (AvgIpc) is 3.75. The Morgan fingerprint density at radius 2 is 0.814 bits per heavy atom. The van der Waals surface area contributed by atoms with Gasteiger partial charge in [-0.3, -0.25) is 0 Å². The summed E-state index contributed by atoms with van der Waals surface area (Å²) < 4.78 is 2.47. The Hall–Kier alpha value is -8.72. The van der Waals surface area contributed by atoms with Gasteiger partial charge in [0.1, 0.15) is 0 Å². The van der Waals surface area contributed by atoms with Crippen molar-refractivity contribution in [2.75, 3.05) is 4.90 Å². The largest absolute Gasteiger partial charge is 0.309 e. The summed E-state index contributed by atoms with van der Waals surface area (Å²) in [6.07, 6.45) is 0. The van der Waals surface area contributed by atoms with Crippen LogP contribution in [0.15, 0.2) is 249 Å². The van der Waals surface area contributed by atoms with Crippen molar-refractivity contribution in [3.8, 4) is 50.2 Å². The van der Waals surface area contributed by atoms with Gasteiger partial charge in [-0.15, -0.1) is 0 Å². The summed E-state index contributed by atoms with van der Waals surface area (Å²) in [6, 6.07) is 92.0. The van der Waals surface area contributed by atoms with Gasteiger partial charge in [0.25, 0.3) is 0 Å². The number of fused-ring (bicyclic) bond motifs is 3. The van der Waals surface area contributed by atoms with Crippen LogP contribution in [0.3, 0.4) is 0 Å². The fraction of sp³-hybridized carbons (Fsp3) is 0.0588. The number of hydrogen-bond donors (Lipinski definition) is 0. The van der Waals surface area contributed by atoms with E-state index in [1.807, 2.05) is 0 Å². The van der Waals surface area contributed by atoms with Crippen LogP contribution in [-0.4, -0.2) is 4.57 Å². The third-order valence-electron chi connectivity index (χ3n) is 14.5. The van der Waals surface area contributed by atoms with E-state index in [4.69, 9.17) is 0 Å². The maximum atomic E-state index is 2.54. The molecule has 1 heterocycles. The van der Waals surface area contributed by atoms with Crippen molar-refractivity contribution >= 4 is 71.2 Å². The van der Waals surface area contributed by atoms with Crippen molar-refractivity contribution in [1.29, 1.82) is 0 Å². The van der Waals surface area contributed by atoms with Crippen LogP contribution in [-0.2, 0) is 5.41 Å². The van der Waals surface area contributed by atoms with Gasteiger partial charge in [0, 0.05) is 38.4 Å². The highest BCUT2D eigenvalue weighted by Crippen LogP contribution is 2.51. The summed E-state index contributed by atoms with van der Waals surface area (Å²) in [4.78, 5) is 2.54. The van der Waals surface area contributed by atoms with Crippen LogP contribution in [0.4, 0.5) is 17.1 Å². The Morgan fingerprint density at radius 3 is 1.39 bits per heavy atom. The zero-order valence-corrected chi connectivity index (χ0v) is 39.6. The summed E-state index contributed by atoms with van der Waals surface area (Å²) in [5.74, 6) is 0. The lowest BCUT2D eigenvalue weighted by atomic mass is 9.83. The molecule has 12 aromatic carbocycles. The molecule has 0 bridgehead atoms. The fourth-order valence-corrected chi connectivity index (χ4v) is 11.0. The first-order chi connectivity index (χ1) is 34.4. The predicted octanol–water partition coefficient (Wildman–Crippen LogP) is 19.1. The highest BCUT2D eigenvalue weighted by Gasteiger charge is 2.26. The highest BCUT2D eigenvalue weighted by molar-refractivity contribution is 6.28. The molecule has 0 aliphatic carbocycles. The summed E-state index contributed by atoms with van der Waals surface area (Å²) in [6.45, 7) is 6.91. The van der Waals surface area contributed by atoms with E-state index in [1.54, 1.807) is 0 Å². The lowest BCUT2D eigenvalue weighted by Gasteiger charge is -2.32. The van der Waals surface area contributed by atoms with Gasteiger partial charge in [0.05, 0.1) is 28.1 Å². The van der Waals surface area contributed by atoms with E-state index >= 15 is 0 Å². The van der Waals surface area contributed by atoms with E-state index in [9.17, 15) is 0 Å². The van der Waals surface area contributed by atoms with Crippen molar-refractivity contribution in [3.63, 3.8) is 0 Å². The van der Waals surface area contributed by atoms with Crippen LogP contribution in [0.25, 0.3) is 104 Å². The predicted molar refractivity (Wildman–Crippen MR) is 300 cm³/mol. The molecule has 0 N–H and O–H groups in total. The maximum Gasteiger partial charge on any atom is 0.0618 e. The Labute approximate surface area is 409 Å². The van der Waals surface area contributed by atoms with E-state index in [1.165, 1.54) is 87.6 Å². The second-order valence-corrected chi connectivity index (χ2v) is 19.7. The molecule has 2 heteroatoms. The molecule has 0 saturated heterocycles. The van der Waals surface area contributed by atoms with Gasteiger partial charge in [-0.1, -0.05) is 227 Å². The van der Waals surface area contributed by atoms with Gasteiger partial charge < -0.3 is 9.47 Å². The molecule has 0 amide bonds. The molecule has 0 unspecified atom stereocenters. The number of anilines is 3. The van der Waals surface area contributed by atoms with Crippen LogP contribution in [0.1, 0.15) is 26.3 Å². The summed E-state index contributed by atoms with van der Waals surface area (Å²) in [5.41, 5.74) is 17.7. The van der Waals surface area contributed by atoms with Crippen molar-refractivity contribution in [1.82, 2.24) is 4.57 Å². The quantitative estimate of drug-likeness (QED) is 0.138. The lowest BCUT2D eigenvalue weighted by molar-refractivity contribution is 0.590. The molecule has 0 spiro atoms. The van der Waals surface area contributed by atoms with Crippen molar-refractivity contribution < 1.29 is 0 Å². The van der Waals surface area contributed by atoms with Crippen LogP contribution < -0.4 is 4.90 Å². The molecule has 1 aromatic heterocycles. The monoisotopic (exact) mass is 894 g/mol. The number of hydrogen-bond acceptors (Lipinski definition) is 1. The van der Waals surface area contributed by atoms with Crippen LogP contribution in [0.2, 0.25) is 0 Å². The molecular weight excluding hydrogens is 845 g/mol. The molecule has 0 aliphatic heterocycles. The SMILES string of the molecule is CC(C)(C)c1cc(-c2ccccc2)cc(-c2ccc(N(c3c(-c4ccccc4)cccc3-c3ccccc3)c3ccc4ccc5c(-n6c7ccccc7c7ccccc76)ccc6ccc3c4c65)cc2)c1. The Morgan fingerprint density at radius 1 is 0.343 bits per heavy atom. The zero-order chi connectivity index (χ0) is 46.9. The Bertz CT molecular complexity index is 3950. The maximum absolute atomic E-state index is 2.54. The summed E-state index contributed by atoms with van der Waals surface area (Å²) >= 11 is 0.